The average molecular weight is 234 g/mol. The van der Waals surface area contributed by atoms with E-state index in [-0.39, 0.29) is 5.56 Å². The molecule has 1 N–H and O–H groups in total. The van der Waals surface area contributed by atoms with E-state index < -0.39 is 21.7 Å². The zero-order chi connectivity index (χ0) is 11.7. The van der Waals surface area contributed by atoms with Crippen LogP contribution in [0.4, 0.5) is 4.39 Å². The van der Waals surface area contributed by atoms with Gasteiger partial charge in [-0.1, -0.05) is 12.1 Å². The van der Waals surface area contributed by atoms with Gasteiger partial charge in [-0.25, -0.2) is 8.57 Å². The van der Waals surface area contributed by atoms with Gasteiger partial charge in [0.2, 0.25) is 5.79 Å². The Hall–Kier alpha value is -0.980. The molecular weight excluding hydrogens is 223 g/mol. The number of rotatable bonds is 3. The first-order valence-electron chi connectivity index (χ1n) is 4.10. The van der Waals surface area contributed by atoms with Gasteiger partial charge >= 0.3 is 0 Å². The van der Waals surface area contributed by atoms with Gasteiger partial charge in [0.15, 0.2) is 0 Å². The second kappa shape index (κ2) is 3.88. The Morgan fingerprint density at radius 3 is 2.20 bits per heavy atom. The van der Waals surface area contributed by atoms with Crippen molar-refractivity contribution < 1.29 is 22.1 Å². The number of aliphatic hydroxyl groups is 1. The molecule has 0 aliphatic carbocycles. The average Bonchev–Trinajstić information content (AvgIpc) is 2.00. The Morgan fingerprint density at radius 1 is 1.33 bits per heavy atom. The lowest BCUT2D eigenvalue weighted by atomic mass is 10.1. The quantitative estimate of drug-likeness (QED) is 0.625. The minimum Gasteiger partial charge on any atom is -0.361 e. The lowest BCUT2D eigenvalue weighted by molar-refractivity contribution is -0.124. The predicted octanol–water partition coefficient (Wildman–Crippen LogP) is 0.967. The molecule has 1 rings (SSSR count). The summed E-state index contributed by atoms with van der Waals surface area (Å²) in [5, 5.41) is 9.69. The molecule has 1 aromatic rings. The van der Waals surface area contributed by atoms with Crippen molar-refractivity contribution in [1.82, 2.24) is 0 Å². The summed E-state index contributed by atoms with van der Waals surface area (Å²) in [5.74, 6) is -2.46. The second-order valence-corrected chi connectivity index (χ2v) is 4.85. The first-order valence-corrected chi connectivity index (χ1v) is 5.91. The molecule has 0 bridgehead atoms. The number of hydrogen-bond donors (Lipinski definition) is 1. The van der Waals surface area contributed by atoms with Gasteiger partial charge in [0.25, 0.3) is 10.1 Å². The molecule has 4 nitrogen and oxygen atoms in total. The molecule has 1 atom stereocenters. The molecular formula is C9H11FO4S. The molecule has 0 amide bonds. The first-order chi connectivity index (χ1) is 6.71. The SMILES string of the molecule is CC(O)(OS(C)(=O)=O)c1ccc(F)cc1. The third kappa shape index (κ3) is 3.58. The molecule has 0 aliphatic rings. The highest BCUT2D eigenvalue weighted by molar-refractivity contribution is 7.86. The van der Waals surface area contributed by atoms with Crippen LogP contribution in [-0.4, -0.2) is 19.8 Å². The van der Waals surface area contributed by atoms with Crippen molar-refractivity contribution >= 4 is 10.1 Å². The van der Waals surface area contributed by atoms with Crippen LogP contribution in [0.1, 0.15) is 12.5 Å². The summed E-state index contributed by atoms with van der Waals surface area (Å²) in [6.45, 7) is 1.17. The van der Waals surface area contributed by atoms with Crippen LogP contribution in [-0.2, 0) is 20.1 Å². The maximum atomic E-state index is 12.6. The van der Waals surface area contributed by atoms with Gasteiger partial charge in [0.1, 0.15) is 5.82 Å². The van der Waals surface area contributed by atoms with E-state index in [1.807, 2.05) is 0 Å². The van der Waals surface area contributed by atoms with Crippen LogP contribution in [0.5, 0.6) is 0 Å². The van der Waals surface area contributed by atoms with Crippen molar-refractivity contribution in [1.29, 1.82) is 0 Å². The molecule has 0 aromatic heterocycles. The predicted molar refractivity (Wildman–Crippen MR) is 51.9 cm³/mol. The Kier molecular flexibility index (Phi) is 3.13. The van der Waals surface area contributed by atoms with Crippen LogP contribution in [0.3, 0.4) is 0 Å². The molecule has 6 heteroatoms. The van der Waals surface area contributed by atoms with E-state index in [4.69, 9.17) is 0 Å². The molecule has 0 radical (unpaired) electrons. The lowest BCUT2D eigenvalue weighted by Gasteiger charge is -2.22. The van der Waals surface area contributed by atoms with Crippen LogP contribution in [0.25, 0.3) is 0 Å². The fourth-order valence-electron chi connectivity index (χ4n) is 1.10. The molecule has 0 aliphatic heterocycles. The van der Waals surface area contributed by atoms with Crippen LogP contribution < -0.4 is 0 Å². The molecule has 0 saturated heterocycles. The Morgan fingerprint density at radius 2 is 1.80 bits per heavy atom. The summed E-state index contributed by atoms with van der Waals surface area (Å²) < 4.78 is 38.7. The maximum absolute atomic E-state index is 12.6. The topological polar surface area (TPSA) is 63.6 Å². The molecule has 0 spiro atoms. The zero-order valence-electron chi connectivity index (χ0n) is 8.27. The van der Waals surface area contributed by atoms with Crippen molar-refractivity contribution in [2.45, 2.75) is 12.7 Å². The lowest BCUT2D eigenvalue weighted by Crippen LogP contribution is -2.28. The first kappa shape index (κ1) is 12.1. The van der Waals surface area contributed by atoms with E-state index in [2.05, 4.69) is 4.18 Å². The summed E-state index contributed by atoms with van der Waals surface area (Å²) >= 11 is 0. The van der Waals surface area contributed by atoms with E-state index in [1.165, 1.54) is 19.1 Å². The van der Waals surface area contributed by atoms with Gasteiger partial charge in [-0.05, 0) is 19.1 Å². The van der Waals surface area contributed by atoms with Crippen LogP contribution in [0.2, 0.25) is 0 Å². The summed E-state index contributed by atoms with van der Waals surface area (Å²) in [4.78, 5) is 0. The molecule has 0 saturated carbocycles. The minimum absolute atomic E-state index is 0.161. The number of halogens is 1. The van der Waals surface area contributed by atoms with Gasteiger partial charge < -0.3 is 5.11 Å². The molecule has 15 heavy (non-hydrogen) atoms. The van der Waals surface area contributed by atoms with Gasteiger partial charge in [-0.3, -0.25) is 0 Å². The molecule has 84 valence electrons. The second-order valence-electron chi connectivity index (χ2n) is 3.28. The maximum Gasteiger partial charge on any atom is 0.267 e. The number of hydrogen-bond acceptors (Lipinski definition) is 4. The van der Waals surface area contributed by atoms with E-state index in [9.17, 15) is 17.9 Å². The summed E-state index contributed by atoms with van der Waals surface area (Å²) in [6.07, 6.45) is 0.824. The fraction of sp³-hybridized carbons (Fsp3) is 0.333. The fourth-order valence-corrected chi connectivity index (χ4v) is 1.79. The molecule has 1 aromatic carbocycles. The third-order valence-corrected chi connectivity index (χ3v) is 2.32. The van der Waals surface area contributed by atoms with Crippen molar-refractivity contribution in [2.75, 3.05) is 6.26 Å². The third-order valence-electron chi connectivity index (χ3n) is 1.69. The van der Waals surface area contributed by atoms with Gasteiger partial charge in [0, 0.05) is 5.56 Å². The standard InChI is InChI=1S/C9H11FO4S/c1-9(11,14-15(2,12)13)7-3-5-8(10)6-4-7/h3-6,11H,1-2H3. The van der Waals surface area contributed by atoms with Gasteiger partial charge in [-0.15, -0.1) is 0 Å². The van der Waals surface area contributed by atoms with Crippen LogP contribution in [0, 0.1) is 5.82 Å². The highest BCUT2D eigenvalue weighted by atomic mass is 32.2. The van der Waals surface area contributed by atoms with E-state index in [0.717, 1.165) is 18.4 Å². The van der Waals surface area contributed by atoms with Crippen molar-refractivity contribution in [3.05, 3.63) is 35.6 Å². The molecule has 1 unspecified atom stereocenters. The van der Waals surface area contributed by atoms with Crippen LogP contribution >= 0.6 is 0 Å². The Balaban J connectivity index is 3.00. The molecule has 0 fully saturated rings. The van der Waals surface area contributed by atoms with E-state index in [0.29, 0.717) is 0 Å². The van der Waals surface area contributed by atoms with Gasteiger partial charge in [0.05, 0.1) is 6.26 Å². The van der Waals surface area contributed by atoms with Crippen LogP contribution in [0.15, 0.2) is 24.3 Å². The normalized spacial score (nSPS) is 16.0. The van der Waals surface area contributed by atoms with Gasteiger partial charge in [-0.2, -0.15) is 8.42 Å². The largest absolute Gasteiger partial charge is 0.361 e. The minimum atomic E-state index is -3.78. The molecule has 0 heterocycles. The Labute approximate surface area is 87.4 Å². The number of benzene rings is 1. The van der Waals surface area contributed by atoms with E-state index >= 15 is 0 Å². The summed E-state index contributed by atoms with van der Waals surface area (Å²) in [7, 11) is -3.78. The van der Waals surface area contributed by atoms with Crippen molar-refractivity contribution in [3.63, 3.8) is 0 Å². The summed E-state index contributed by atoms with van der Waals surface area (Å²) in [6, 6.07) is 4.71. The highest BCUT2D eigenvalue weighted by Gasteiger charge is 2.28. The van der Waals surface area contributed by atoms with Crippen molar-refractivity contribution in [2.24, 2.45) is 0 Å². The monoisotopic (exact) mass is 234 g/mol. The van der Waals surface area contributed by atoms with Crippen molar-refractivity contribution in [3.8, 4) is 0 Å². The van der Waals surface area contributed by atoms with E-state index in [1.54, 1.807) is 0 Å². The smallest absolute Gasteiger partial charge is 0.267 e. The zero-order valence-corrected chi connectivity index (χ0v) is 9.08. The highest BCUT2D eigenvalue weighted by Crippen LogP contribution is 2.23. The Bertz CT molecular complexity index is 436. The summed E-state index contributed by atoms with van der Waals surface area (Å²) in [5.41, 5.74) is 0.161.